The van der Waals surface area contributed by atoms with E-state index in [4.69, 9.17) is 17.0 Å². The van der Waals surface area contributed by atoms with Gasteiger partial charge in [-0.05, 0) is 49.1 Å². The maximum Gasteiger partial charge on any atom is 0.262 e. The molecule has 2 heterocycles. The molecular weight excluding hydrogens is 398 g/mol. The fourth-order valence-corrected chi connectivity index (χ4v) is 3.75. The molecule has 2 aromatic carbocycles. The molecule has 0 aliphatic rings. The number of rotatable bonds is 7. The minimum atomic E-state index is -0.0858. The van der Waals surface area contributed by atoms with Crippen molar-refractivity contribution in [3.63, 3.8) is 0 Å². The van der Waals surface area contributed by atoms with Crippen molar-refractivity contribution < 1.29 is 4.74 Å². The van der Waals surface area contributed by atoms with Gasteiger partial charge >= 0.3 is 0 Å². The standard InChI is InChI=1S/C22H23N5O2S/c1-4-13-29-17-11-9-16(10-12-17)14-24(2)15-26-22(30)27-19-8-6-5-7-18(19)20(28)25(3)21(27)23-26/h4-12H,1,13-15H2,2-3H3. The zero-order valence-corrected chi connectivity index (χ0v) is 17.8. The second kappa shape index (κ2) is 8.25. The van der Waals surface area contributed by atoms with Crippen molar-refractivity contribution >= 4 is 28.9 Å². The third-order valence-corrected chi connectivity index (χ3v) is 5.31. The Labute approximate surface area is 179 Å². The number of fused-ring (bicyclic) bond motifs is 3. The van der Waals surface area contributed by atoms with E-state index >= 15 is 0 Å². The third kappa shape index (κ3) is 3.67. The zero-order chi connectivity index (χ0) is 21.3. The summed E-state index contributed by atoms with van der Waals surface area (Å²) in [5.74, 6) is 1.34. The summed E-state index contributed by atoms with van der Waals surface area (Å²) in [6.07, 6.45) is 1.72. The number of hydrogen-bond donors (Lipinski definition) is 0. The number of aryl methyl sites for hydroxylation is 1. The second-order valence-electron chi connectivity index (χ2n) is 7.20. The minimum absolute atomic E-state index is 0.0858. The van der Waals surface area contributed by atoms with E-state index in [2.05, 4.69) is 16.6 Å². The van der Waals surface area contributed by atoms with E-state index in [-0.39, 0.29) is 5.56 Å². The first-order valence-electron chi connectivity index (χ1n) is 9.58. The van der Waals surface area contributed by atoms with Crippen molar-refractivity contribution in [2.24, 2.45) is 7.05 Å². The molecule has 0 saturated heterocycles. The quantitative estimate of drug-likeness (QED) is 0.338. The highest BCUT2D eigenvalue weighted by Gasteiger charge is 2.14. The summed E-state index contributed by atoms with van der Waals surface area (Å²) < 4.78 is 11.2. The van der Waals surface area contributed by atoms with Gasteiger partial charge in [0.2, 0.25) is 10.5 Å². The highest BCUT2D eigenvalue weighted by Crippen LogP contribution is 2.15. The van der Waals surface area contributed by atoms with Crippen LogP contribution in [0.5, 0.6) is 5.75 Å². The monoisotopic (exact) mass is 421 g/mol. The van der Waals surface area contributed by atoms with E-state index in [1.165, 1.54) is 4.57 Å². The van der Waals surface area contributed by atoms with Gasteiger partial charge in [0.1, 0.15) is 12.4 Å². The first kappa shape index (κ1) is 20.1. The summed E-state index contributed by atoms with van der Waals surface area (Å²) in [5, 5.41) is 5.24. The van der Waals surface area contributed by atoms with Crippen LogP contribution in [0.4, 0.5) is 0 Å². The van der Waals surface area contributed by atoms with Gasteiger partial charge in [-0.1, -0.05) is 36.9 Å². The van der Waals surface area contributed by atoms with E-state index in [1.54, 1.807) is 17.8 Å². The molecule has 0 bridgehead atoms. The lowest BCUT2D eigenvalue weighted by molar-refractivity contribution is 0.244. The molecule has 0 aliphatic heterocycles. The van der Waals surface area contributed by atoms with Crippen LogP contribution in [0.3, 0.4) is 0 Å². The summed E-state index contributed by atoms with van der Waals surface area (Å²) in [7, 11) is 3.72. The first-order valence-corrected chi connectivity index (χ1v) is 9.99. The third-order valence-electron chi connectivity index (χ3n) is 4.92. The van der Waals surface area contributed by atoms with Crippen LogP contribution in [-0.2, 0) is 20.3 Å². The predicted molar refractivity (Wildman–Crippen MR) is 120 cm³/mol. The van der Waals surface area contributed by atoms with Crippen LogP contribution in [0, 0.1) is 4.77 Å². The number of aromatic nitrogens is 4. The van der Waals surface area contributed by atoms with E-state index < -0.39 is 0 Å². The normalized spacial score (nSPS) is 11.4. The molecule has 0 aliphatic carbocycles. The van der Waals surface area contributed by atoms with Gasteiger partial charge in [-0.2, -0.15) is 0 Å². The van der Waals surface area contributed by atoms with E-state index in [0.29, 0.717) is 29.2 Å². The molecule has 0 amide bonds. The van der Waals surface area contributed by atoms with Crippen LogP contribution in [0.25, 0.3) is 16.7 Å². The van der Waals surface area contributed by atoms with Gasteiger partial charge < -0.3 is 4.74 Å². The zero-order valence-electron chi connectivity index (χ0n) is 17.0. The Balaban J connectivity index is 1.61. The van der Waals surface area contributed by atoms with Gasteiger partial charge in [-0.3, -0.25) is 18.7 Å². The Kier molecular flexibility index (Phi) is 5.52. The molecule has 4 rings (SSSR count). The summed E-state index contributed by atoms with van der Waals surface area (Å²) in [4.78, 5) is 14.8. The summed E-state index contributed by atoms with van der Waals surface area (Å²) in [6, 6.07) is 15.4. The number of ether oxygens (including phenoxy) is 1. The van der Waals surface area contributed by atoms with Crippen molar-refractivity contribution in [3.05, 3.63) is 81.9 Å². The Hall–Kier alpha value is -3.23. The smallest absolute Gasteiger partial charge is 0.262 e. The Morgan fingerprint density at radius 2 is 1.93 bits per heavy atom. The van der Waals surface area contributed by atoms with Crippen LogP contribution in [-0.4, -0.2) is 37.3 Å². The van der Waals surface area contributed by atoms with E-state index in [1.807, 2.05) is 60.0 Å². The van der Waals surface area contributed by atoms with Crippen molar-refractivity contribution in [2.45, 2.75) is 13.2 Å². The molecule has 2 aromatic heterocycles. The van der Waals surface area contributed by atoms with Crippen LogP contribution in [0.1, 0.15) is 5.56 Å². The van der Waals surface area contributed by atoms with Crippen LogP contribution >= 0.6 is 12.2 Å². The number of hydrogen-bond acceptors (Lipinski definition) is 5. The molecule has 0 atom stereocenters. The second-order valence-corrected chi connectivity index (χ2v) is 7.56. The molecule has 0 fully saturated rings. The van der Waals surface area contributed by atoms with Crippen LogP contribution in [0.15, 0.2) is 66.0 Å². The molecule has 4 aromatic rings. The fraction of sp³-hybridized carbons (Fsp3) is 0.227. The fourth-order valence-electron chi connectivity index (χ4n) is 3.47. The van der Waals surface area contributed by atoms with Gasteiger partial charge in [-0.15, -0.1) is 5.10 Å². The van der Waals surface area contributed by atoms with E-state index in [0.717, 1.165) is 23.4 Å². The highest BCUT2D eigenvalue weighted by molar-refractivity contribution is 7.71. The Bertz CT molecular complexity index is 1330. The topological polar surface area (TPSA) is 56.7 Å². The highest BCUT2D eigenvalue weighted by atomic mass is 32.1. The molecule has 30 heavy (non-hydrogen) atoms. The molecule has 0 saturated carbocycles. The Morgan fingerprint density at radius 1 is 1.20 bits per heavy atom. The van der Waals surface area contributed by atoms with Gasteiger partial charge in [0.05, 0.1) is 17.6 Å². The predicted octanol–water partition coefficient (Wildman–Crippen LogP) is 3.37. The van der Waals surface area contributed by atoms with Crippen molar-refractivity contribution in [2.75, 3.05) is 13.7 Å². The van der Waals surface area contributed by atoms with Crippen LogP contribution in [0.2, 0.25) is 0 Å². The SMILES string of the molecule is C=CCOc1ccc(CN(C)Cn2nc3n(C)c(=O)c4ccccc4n3c2=S)cc1. The minimum Gasteiger partial charge on any atom is -0.490 e. The molecule has 0 radical (unpaired) electrons. The number of nitrogens with zero attached hydrogens (tertiary/aromatic N) is 5. The lowest BCUT2D eigenvalue weighted by Gasteiger charge is -2.16. The maximum atomic E-state index is 12.7. The van der Waals surface area contributed by atoms with Gasteiger partial charge in [0.25, 0.3) is 5.56 Å². The molecular formula is C22H23N5O2S. The molecule has 154 valence electrons. The summed E-state index contributed by atoms with van der Waals surface area (Å²) >= 11 is 5.69. The van der Waals surface area contributed by atoms with Crippen molar-refractivity contribution in [3.8, 4) is 5.75 Å². The van der Waals surface area contributed by atoms with E-state index in [9.17, 15) is 4.79 Å². The number of para-hydroxylation sites is 1. The van der Waals surface area contributed by atoms with Gasteiger partial charge in [-0.25, -0.2) is 4.68 Å². The lowest BCUT2D eigenvalue weighted by Crippen LogP contribution is -2.22. The average Bonchev–Trinajstić information content (AvgIpc) is 3.07. The van der Waals surface area contributed by atoms with Gasteiger partial charge in [0.15, 0.2) is 0 Å². The Morgan fingerprint density at radius 3 is 2.67 bits per heavy atom. The first-order chi connectivity index (χ1) is 14.5. The average molecular weight is 422 g/mol. The molecule has 0 N–H and O–H groups in total. The van der Waals surface area contributed by atoms with Crippen LogP contribution < -0.4 is 10.3 Å². The largest absolute Gasteiger partial charge is 0.490 e. The maximum absolute atomic E-state index is 12.7. The van der Waals surface area contributed by atoms with Crippen molar-refractivity contribution in [1.29, 1.82) is 0 Å². The molecule has 8 heteroatoms. The molecule has 0 unspecified atom stereocenters. The van der Waals surface area contributed by atoms with Gasteiger partial charge in [0, 0.05) is 13.6 Å². The molecule has 7 nitrogen and oxygen atoms in total. The van der Waals surface area contributed by atoms with Crippen molar-refractivity contribution in [1.82, 2.24) is 23.6 Å². The number of benzene rings is 2. The lowest BCUT2D eigenvalue weighted by atomic mass is 10.2. The molecule has 0 spiro atoms. The summed E-state index contributed by atoms with van der Waals surface area (Å²) in [5.41, 5.74) is 1.83. The summed E-state index contributed by atoms with van der Waals surface area (Å²) in [6.45, 7) is 5.36.